The van der Waals surface area contributed by atoms with Crippen LogP contribution in [0.1, 0.15) is 20.7 Å². The Hall–Kier alpha value is -3.87. The van der Waals surface area contributed by atoms with Gasteiger partial charge in [0, 0.05) is 12.1 Å². The Labute approximate surface area is 148 Å². The van der Waals surface area contributed by atoms with Crippen LogP contribution in [0.4, 0.5) is 0 Å². The molecule has 0 spiro atoms. The van der Waals surface area contributed by atoms with E-state index >= 15 is 0 Å². The molecule has 3 rings (SSSR count). The minimum absolute atomic E-state index is 0.159. The zero-order valence-corrected chi connectivity index (χ0v) is 13.3. The summed E-state index contributed by atoms with van der Waals surface area (Å²) in [6, 6.07) is 16.8. The van der Waals surface area contributed by atoms with Crippen LogP contribution in [-0.2, 0) is 0 Å². The highest BCUT2D eigenvalue weighted by molar-refractivity contribution is 5.88. The van der Waals surface area contributed by atoms with Crippen molar-refractivity contribution >= 4 is 11.9 Å². The van der Waals surface area contributed by atoms with Crippen molar-refractivity contribution in [2.45, 2.75) is 0 Å². The lowest BCUT2D eigenvalue weighted by Crippen LogP contribution is -1.96. The normalized spacial score (nSPS) is 10.2. The SMILES string of the molecule is O=C(O)c1ccc(Oc2cccc(Oc3ccc(C(=O)O)cc3)n2)cc1. The number of benzene rings is 2. The van der Waals surface area contributed by atoms with Crippen molar-refractivity contribution in [3.05, 3.63) is 77.9 Å². The average Bonchev–Trinajstić information content (AvgIpc) is 2.63. The molecule has 1 aromatic heterocycles. The zero-order valence-electron chi connectivity index (χ0n) is 13.3. The molecule has 0 bridgehead atoms. The van der Waals surface area contributed by atoms with E-state index in [-0.39, 0.29) is 22.9 Å². The van der Waals surface area contributed by atoms with E-state index < -0.39 is 11.9 Å². The number of pyridine rings is 1. The summed E-state index contributed by atoms with van der Waals surface area (Å²) in [5, 5.41) is 17.8. The average molecular weight is 351 g/mol. The van der Waals surface area contributed by atoms with Gasteiger partial charge in [-0.25, -0.2) is 9.59 Å². The molecule has 26 heavy (non-hydrogen) atoms. The van der Waals surface area contributed by atoms with Crippen molar-refractivity contribution in [1.29, 1.82) is 0 Å². The van der Waals surface area contributed by atoms with Crippen molar-refractivity contribution < 1.29 is 29.3 Å². The van der Waals surface area contributed by atoms with Crippen molar-refractivity contribution in [3.63, 3.8) is 0 Å². The van der Waals surface area contributed by atoms with Crippen LogP contribution in [0, 0.1) is 0 Å². The van der Waals surface area contributed by atoms with Crippen molar-refractivity contribution in [2.75, 3.05) is 0 Å². The second kappa shape index (κ2) is 7.35. The number of carboxylic acid groups (broad SMARTS) is 2. The highest BCUT2D eigenvalue weighted by atomic mass is 16.5. The van der Waals surface area contributed by atoms with E-state index in [2.05, 4.69) is 4.98 Å². The molecule has 0 saturated carbocycles. The number of ether oxygens (including phenoxy) is 2. The van der Waals surface area contributed by atoms with Crippen LogP contribution < -0.4 is 9.47 Å². The van der Waals surface area contributed by atoms with Crippen LogP contribution >= 0.6 is 0 Å². The molecule has 0 radical (unpaired) electrons. The van der Waals surface area contributed by atoms with Gasteiger partial charge in [0.1, 0.15) is 11.5 Å². The molecule has 0 saturated heterocycles. The second-order valence-electron chi connectivity index (χ2n) is 5.18. The highest BCUT2D eigenvalue weighted by Gasteiger charge is 2.07. The maximum absolute atomic E-state index is 10.8. The van der Waals surface area contributed by atoms with Gasteiger partial charge in [-0.1, -0.05) is 6.07 Å². The third-order valence-electron chi connectivity index (χ3n) is 3.35. The number of hydrogen-bond donors (Lipinski definition) is 2. The van der Waals surface area contributed by atoms with Gasteiger partial charge in [-0.3, -0.25) is 0 Å². The summed E-state index contributed by atoms with van der Waals surface area (Å²) in [5.74, 6) is -0.616. The molecule has 0 fully saturated rings. The van der Waals surface area contributed by atoms with Gasteiger partial charge < -0.3 is 19.7 Å². The lowest BCUT2D eigenvalue weighted by molar-refractivity contribution is 0.0686. The molecule has 130 valence electrons. The van der Waals surface area contributed by atoms with Crippen LogP contribution in [0.2, 0.25) is 0 Å². The topological polar surface area (TPSA) is 106 Å². The van der Waals surface area contributed by atoms with Gasteiger partial charge in [0.2, 0.25) is 11.8 Å². The molecule has 2 aromatic carbocycles. The number of carboxylic acids is 2. The van der Waals surface area contributed by atoms with Gasteiger partial charge in [0.25, 0.3) is 0 Å². The minimum Gasteiger partial charge on any atom is -0.478 e. The van der Waals surface area contributed by atoms with Crippen LogP contribution in [0.5, 0.6) is 23.3 Å². The highest BCUT2D eigenvalue weighted by Crippen LogP contribution is 2.25. The fourth-order valence-corrected chi connectivity index (χ4v) is 2.08. The van der Waals surface area contributed by atoms with Crippen LogP contribution in [0.15, 0.2) is 66.7 Å². The van der Waals surface area contributed by atoms with Gasteiger partial charge in [0.15, 0.2) is 0 Å². The van der Waals surface area contributed by atoms with Gasteiger partial charge in [-0.15, -0.1) is 0 Å². The van der Waals surface area contributed by atoms with E-state index in [1.165, 1.54) is 48.5 Å². The van der Waals surface area contributed by atoms with E-state index in [0.717, 1.165) is 0 Å². The number of aromatic nitrogens is 1. The quantitative estimate of drug-likeness (QED) is 0.689. The van der Waals surface area contributed by atoms with Crippen LogP contribution in [0.25, 0.3) is 0 Å². The van der Waals surface area contributed by atoms with E-state index in [1.54, 1.807) is 18.2 Å². The van der Waals surface area contributed by atoms with E-state index in [9.17, 15) is 9.59 Å². The summed E-state index contributed by atoms with van der Waals surface area (Å²) in [4.78, 5) is 25.9. The molecule has 0 aliphatic carbocycles. The number of hydrogen-bond acceptors (Lipinski definition) is 5. The summed E-state index contributed by atoms with van der Waals surface area (Å²) >= 11 is 0. The number of nitrogens with zero attached hydrogens (tertiary/aromatic N) is 1. The second-order valence-corrected chi connectivity index (χ2v) is 5.18. The lowest BCUT2D eigenvalue weighted by atomic mass is 10.2. The van der Waals surface area contributed by atoms with Gasteiger partial charge in [0.05, 0.1) is 11.1 Å². The molecule has 0 atom stereocenters. The Morgan fingerprint density at radius 1 is 0.654 bits per heavy atom. The Morgan fingerprint density at radius 2 is 1.04 bits per heavy atom. The van der Waals surface area contributed by atoms with E-state index in [1.807, 2.05) is 0 Å². The maximum atomic E-state index is 10.8. The summed E-state index contributed by atoms with van der Waals surface area (Å²) in [6.45, 7) is 0. The summed E-state index contributed by atoms with van der Waals surface area (Å²) < 4.78 is 11.2. The molecule has 7 nitrogen and oxygen atoms in total. The smallest absolute Gasteiger partial charge is 0.335 e. The monoisotopic (exact) mass is 351 g/mol. The first kappa shape index (κ1) is 17.0. The Bertz CT molecular complexity index is 860. The molecular formula is C19H13NO6. The van der Waals surface area contributed by atoms with E-state index in [0.29, 0.717) is 11.5 Å². The fraction of sp³-hybridized carbons (Fsp3) is 0. The Kier molecular flexibility index (Phi) is 4.80. The zero-order chi connectivity index (χ0) is 18.5. The third kappa shape index (κ3) is 4.15. The molecule has 1 heterocycles. The summed E-state index contributed by atoms with van der Waals surface area (Å²) in [7, 11) is 0. The Morgan fingerprint density at radius 3 is 1.38 bits per heavy atom. The first-order valence-electron chi connectivity index (χ1n) is 7.51. The summed E-state index contributed by atoms with van der Waals surface area (Å²) in [5.41, 5.74) is 0.319. The van der Waals surface area contributed by atoms with Gasteiger partial charge >= 0.3 is 11.9 Å². The predicted molar refractivity (Wildman–Crippen MR) is 91.2 cm³/mol. The number of aromatic carboxylic acids is 2. The van der Waals surface area contributed by atoms with Crippen LogP contribution in [-0.4, -0.2) is 27.1 Å². The van der Waals surface area contributed by atoms with Gasteiger partial charge in [-0.05, 0) is 48.5 Å². The van der Waals surface area contributed by atoms with Crippen LogP contribution in [0.3, 0.4) is 0 Å². The van der Waals surface area contributed by atoms with Crippen molar-refractivity contribution in [2.24, 2.45) is 0 Å². The first-order chi connectivity index (χ1) is 12.5. The molecule has 2 N–H and O–H groups in total. The number of rotatable bonds is 6. The predicted octanol–water partition coefficient (Wildman–Crippen LogP) is 4.06. The first-order valence-corrected chi connectivity index (χ1v) is 7.51. The van der Waals surface area contributed by atoms with Crippen molar-refractivity contribution in [1.82, 2.24) is 4.98 Å². The van der Waals surface area contributed by atoms with E-state index in [4.69, 9.17) is 19.7 Å². The largest absolute Gasteiger partial charge is 0.478 e. The standard InChI is InChI=1S/C19H13NO6/c21-18(22)12-4-8-14(9-5-12)25-16-2-1-3-17(20-16)26-15-10-6-13(7-11-15)19(23)24/h1-11H,(H,21,22)(H,23,24). The fourth-order valence-electron chi connectivity index (χ4n) is 2.08. The molecule has 0 aliphatic heterocycles. The molecule has 0 unspecified atom stereocenters. The molecule has 0 aliphatic rings. The summed E-state index contributed by atoms with van der Waals surface area (Å²) in [6.07, 6.45) is 0. The van der Waals surface area contributed by atoms with Crippen molar-refractivity contribution in [3.8, 4) is 23.3 Å². The molecule has 0 amide bonds. The maximum Gasteiger partial charge on any atom is 0.335 e. The molecular weight excluding hydrogens is 338 g/mol. The third-order valence-corrected chi connectivity index (χ3v) is 3.35. The molecule has 3 aromatic rings. The van der Waals surface area contributed by atoms with Gasteiger partial charge in [-0.2, -0.15) is 4.98 Å². The molecule has 7 heteroatoms. The minimum atomic E-state index is -1.01. The Balaban J connectivity index is 1.71. The lowest BCUT2D eigenvalue weighted by Gasteiger charge is -2.08. The number of carbonyl (C=O) groups is 2.